The van der Waals surface area contributed by atoms with Gasteiger partial charge in [-0.3, -0.25) is 4.68 Å². The van der Waals surface area contributed by atoms with Crippen molar-refractivity contribution in [2.45, 2.75) is 0 Å². The second kappa shape index (κ2) is 3.55. The zero-order valence-corrected chi connectivity index (χ0v) is 8.39. The molecular formula is C10H9N3O2. The van der Waals surface area contributed by atoms with Crippen molar-refractivity contribution in [2.24, 2.45) is 12.0 Å². The summed E-state index contributed by atoms with van der Waals surface area (Å²) in [5.41, 5.74) is 0.814. The van der Waals surface area contributed by atoms with Crippen molar-refractivity contribution in [3.63, 3.8) is 0 Å². The van der Waals surface area contributed by atoms with Crippen molar-refractivity contribution >= 4 is 22.8 Å². The minimum atomic E-state index is 0.362. The molecule has 0 unspecified atom stereocenters. The zero-order valence-electron chi connectivity index (χ0n) is 8.39. The number of aliphatic imine (C=N–C) groups is 1. The first-order valence-electron chi connectivity index (χ1n) is 4.35. The Labute approximate surface area is 86.0 Å². The largest absolute Gasteiger partial charge is 0.494 e. The monoisotopic (exact) mass is 203 g/mol. The van der Waals surface area contributed by atoms with E-state index in [0.717, 1.165) is 10.9 Å². The molecule has 0 N–H and O–H groups in total. The maximum Gasteiger partial charge on any atom is 0.242 e. The summed E-state index contributed by atoms with van der Waals surface area (Å²) in [6.45, 7) is 0. The highest BCUT2D eigenvalue weighted by molar-refractivity contribution is 5.93. The smallest absolute Gasteiger partial charge is 0.242 e. The van der Waals surface area contributed by atoms with Crippen LogP contribution in [0.5, 0.6) is 5.75 Å². The molecule has 0 aliphatic heterocycles. The minimum absolute atomic E-state index is 0.362. The van der Waals surface area contributed by atoms with Crippen LogP contribution in [0.3, 0.4) is 0 Å². The molecule has 0 aliphatic rings. The van der Waals surface area contributed by atoms with Gasteiger partial charge in [0.05, 0.1) is 12.5 Å². The number of nitrogens with zero attached hydrogens (tertiary/aromatic N) is 3. The van der Waals surface area contributed by atoms with Crippen LogP contribution in [-0.2, 0) is 11.8 Å². The van der Waals surface area contributed by atoms with E-state index in [-0.39, 0.29) is 0 Å². The number of benzene rings is 1. The van der Waals surface area contributed by atoms with Crippen molar-refractivity contribution in [2.75, 3.05) is 7.11 Å². The van der Waals surface area contributed by atoms with Gasteiger partial charge in [0.25, 0.3) is 0 Å². The predicted molar refractivity (Wildman–Crippen MR) is 55.0 cm³/mol. The lowest BCUT2D eigenvalue weighted by molar-refractivity contribution is 0.417. The number of para-hydroxylation sites is 1. The zero-order chi connectivity index (χ0) is 10.8. The summed E-state index contributed by atoms with van der Waals surface area (Å²) in [6.07, 6.45) is 1.49. The molecule has 0 atom stereocenters. The van der Waals surface area contributed by atoms with Crippen molar-refractivity contribution in [3.05, 3.63) is 18.2 Å². The Morgan fingerprint density at radius 2 is 2.33 bits per heavy atom. The molecule has 0 saturated heterocycles. The van der Waals surface area contributed by atoms with Gasteiger partial charge in [-0.05, 0) is 12.1 Å². The lowest BCUT2D eigenvalue weighted by atomic mass is 10.2. The van der Waals surface area contributed by atoms with Gasteiger partial charge in [-0.1, -0.05) is 6.07 Å². The third kappa shape index (κ3) is 1.39. The molecule has 0 spiro atoms. The van der Waals surface area contributed by atoms with Crippen LogP contribution < -0.4 is 4.74 Å². The maximum absolute atomic E-state index is 10.2. The van der Waals surface area contributed by atoms with Crippen LogP contribution >= 0.6 is 0 Å². The van der Waals surface area contributed by atoms with Crippen molar-refractivity contribution in [3.8, 4) is 5.75 Å². The third-order valence-corrected chi connectivity index (χ3v) is 2.18. The number of methoxy groups -OCH3 is 1. The molecule has 5 heteroatoms. The van der Waals surface area contributed by atoms with Gasteiger partial charge in [-0.15, -0.1) is 4.99 Å². The Bertz CT molecular complexity index is 553. The van der Waals surface area contributed by atoms with E-state index in [4.69, 9.17) is 4.74 Å². The fraction of sp³-hybridized carbons (Fsp3) is 0.200. The van der Waals surface area contributed by atoms with Crippen molar-refractivity contribution in [1.29, 1.82) is 0 Å². The van der Waals surface area contributed by atoms with E-state index in [1.807, 2.05) is 18.2 Å². The molecule has 15 heavy (non-hydrogen) atoms. The molecule has 0 aliphatic carbocycles. The number of fused-ring (bicyclic) bond motifs is 1. The summed E-state index contributed by atoms with van der Waals surface area (Å²) in [5, 5.41) is 4.87. The van der Waals surface area contributed by atoms with E-state index in [0.29, 0.717) is 11.6 Å². The fourth-order valence-electron chi connectivity index (χ4n) is 1.57. The number of carbonyl (C=O) groups excluding carboxylic acids is 1. The lowest BCUT2D eigenvalue weighted by Gasteiger charge is -2.01. The van der Waals surface area contributed by atoms with E-state index in [2.05, 4.69) is 10.1 Å². The Morgan fingerprint density at radius 3 is 3.00 bits per heavy atom. The molecule has 0 fully saturated rings. The summed E-state index contributed by atoms with van der Waals surface area (Å²) in [4.78, 5) is 13.7. The second-order valence-electron chi connectivity index (χ2n) is 3.01. The number of aryl methyl sites for hydroxylation is 1. The van der Waals surface area contributed by atoms with Crippen LogP contribution in [0, 0.1) is 0 Å². The molecule has 1 heterocycles. The number of hydrogen-bond donors (Lipinski definition) is 0. The molecule has 2 aromatic rings. The molecule has 0 saturated carbocycles. The highest BCUT2D eigenvalue weighted by atomic mass is 16.5. The summed E-state index contributed by atoms with van der Waals surface area (Å²) in [6, 6.07) is 5.49. The SMILES string of the molecule is COc1cccc2c(N=C=O)nn(C)c12. The lowest BCUT2D eigenvalue weighted by Crippen LogP contribution is -1.92. The van der Waals surface area contributed by atoms with E-state index >= 15 is 0 Å². The van der Waals surface area contributed by atoms with Crippen LogP contribution in [-0.4, -0.2) is 23.0 Å². The summed E-state index contributed by atoms with van der Waals surface area (Å²) >= 11 is 0. The molecule has 5 nitrogen and oxygen atoms in total. The first-order chi connectivity index (χ1) is 7.27. The number of rotatable bonds is 2. The Hall–Kier alpha value is -2.13. The Morgan fingerprint density at radius 1 is 1.53 bits per heavy atom. The van der Waals surface area contributed by atoms with Crippen LogP contribution in [0.2, 0.25) is 0 Å². The third-order valence-electron chi connectivity index (χ3n) is 2.18. The van der Waals surface area contributed by atoms with E-state index < -0.39 is 0 Å². The van der Waals surface area contributed by atoms with Gasteiger partial charge in [0, 0.05) is 7.05 Å². The highest BCUT2D eigenvalue weighted by Gasteiger charge is 2.11. The quantitative estimate of drug-likeness (QED) is 0.549. The number of hydrogen-bond acceptors (Lipinski definition) is 4. The van der Waals surface area contributed by atoms with Crippen LogP contribution in [0.1, 0.15) is 0 Å². The summed E-state index contributed by atoms with van der Waals surface area (Å²) in [7, 11) is 3.36. The van der Waals surface area contributed by atoms with Gasteiger partial charge < -0.3 is 4.74 Å². The Kier molecular flexibility index (Phi) is 2.23. The molecule has 0 amide bonds. The van der Waals surface area contributed by atoms with E-state index in [1.165, 1.54) is 6.08 Å². The number of ether oxygens (including phenoxy) is 1. The maximum atomic E-state index is 10.2. The topological polar surface area (TPSA) is 56.5 Å². The minimum Gasteiger partial charge on any atom is -0.494 e. The normalized spacial score (nSPS) is 10.0. The molecule has 2 rings (SSSR count). The van der Waals surface area contributed by atoms with Crippen LogP contribution in [0.15, 0.2) is 23.2 Å². The average molecular weight is 203 g/mol. The molecule has 1 aromatic carbocycles. The second-order valence-corrected chi connectivity index (χ2v) is 3.01. The first kappa shape index (κ1) is 9.43. The number of isocyanates is 1. The van der Waals surface area contributed by atoms with Crippen molar-refractivity contribution < 1.29 is 9.53 Å². The van der Waals surface area contributed by atoms with Gasteiger partial charge in [0.15, 0.2) is 5.82 Å². The average Bonchev–Trinajstić information content (AvgIpc) is 2.57. The van der Waals surface area contributed by atoms with Gasteiger partial charge in [0.1, 0.15) is 11.3 Å². The van der Waals surface area contributed by atoms with Crippen LogP contribution in [0.25, 0.3) is 10.9 Å². The van der Waals surface area contributed by atoms with Crippen molar-refractivity contribution in [1.82, 2.24) is 9.78 Å². The van der Waals surface area contributed by atoms with Gasteiger partial charge in [-0.25, -0.2) is 4.79 Å². The number of aromatic nitrogens is 2. The molecule has 76 valence electrons. The van der Waals surface area contributed by atoms with Gasteiger partial charge in [0.2, 0.25) is 6.08 Å². The highest BCUT2D eigenvalue weighted by Crippen LogP contribution is 2.30. The summed E-state index contributed by atoms with van der Waals surface area (Å²) in [5.74, 6) is 1.07. The van der Waals surface area contributed by atoms with E-state index in [9.17, 15) is 4.79 Å². The first-order valence-corrected chi connectivity index (χ1v) is 4.35. The van der Waals surface area contributed by atoms with Gasteiger partial charge in [-0.2, -0.15) is 5.10 Å². The fourth-order valence-corrected chi connectivity index (χ4v) is 1.57. The molecule has 0 bridgehead atoms. The standard InChI is InChI=1S/C10H9N3O2/c1-13-9-7(10(12-13)11-6-14)4-3-5-8(9)15-2/h3-5H,1-2H3. The Balaban J connectivity index is 2.84. The van der Waals surface area contributed by atoms with Crippen LogP contribution in [0.4, 0.5) is 5.82 Å². The molecule has 1 aromatic heterocycles. The van der Waals surface area contributed by atoms with Gasteiger partial charge >= 0.3 is 0 Å². The predicted octanol–water partition coefficient (Wildman–Crippen LogP) is 1.55. The molecular weight excluding hydrogens is 194 g/mol. The van der Waals surface area contributed by atoms with E-state index in [1.54, 1.807) is 18.8 Å². The summed E-state index contributed by atoms with van der Waals surface area (Å²) < 4.78 is 6.83. The molecule has 0 radical (unpaired) electrons.